The lowest BCUT2D eigenvalue weighted by atomic mass is 9.87. The Morgan fingerprint density at radius 3 is 2.31 bits per heavy atom. The van der Waals surface area contributed by atoms with Gasteiger partial charge in [-0.15, -0.1) is 11.3 Å². The van der Waals surface area contributed by atoms with Gasteiger partial charge in [0.1, 0.15) is 5.75 Å². The van der Waals surface area contributed by atoms with Crippen LogP contribution in [0.1, 0.15) is 26.7 Å². The summed E-state index contributed by atoms with van der Waals surface area (Å²) in [6, 6.07) is 20.8. The van der Waals surface area contributed by atoms with Gasteiger partial charge in [-0.1, -0.05) is 36.4 Å². The van der Waals surface area contributed by atoms with E-state index in [4.69, 9.17) is 10.5 Å². The average Bonchev–Trinajstić information content (AvgIpc) is 3.20. The fourth-order valence-corrected chi connectivity index (χ4v) is 3.78. The van der Waals surface area contributed by atoms with Crippen LogP contribution in [0.5, 0.6) is 5.75 Å². The minimum Gasteiger partial charge on any atom is -1.00 e. The van der Waals surface area contributed by atoms with Crippen LogP contribution in [0.15, 0.2) is 72.1 Å². The molecule has 2 atom stereocenters. The van der Waals surface area contributed by atoms with E-state index in [1.54, 1.807) is 42.7 Å². The average molecular weight is 387 g/mol. The molecule has 0 radical (unpaired) electrons. The Labute approximate surface area is 164 Å². The Morgan fingerprint density at radius 1 is 1.04 bits per heavy atom. The lowest BCUT2D eigenvalue weighted by Crippen LogP contribution is -3.00. The summed E-state index contributed by atoms with van der Waals surface area (Å²) in [4.78, 5) is 14.0. The molecular formula is C21H21ClNO2S-. The molecule has 0 bridgehead atoms. The summed E-state index contributed by atoms with van der Waals surface area (Å²) in [5.41, 5.74) is 8.22. The molecule has 26 heavy (non-hydrogen) atoms. The number of hydrogen-bond acceptors (Lipinski definition) is 4. The lowest BCUT2D eigenvalue weighted by molar-refractivity contribution is -0.0000130. The second kappa shape index (κ2) is 9.53. The zero-order chi connectivity index (χ0) is 17.6. The summed E-state index contributed by atoms with van der Waals surface area (Å²) in [5, 5.41) is 2.03. The summed E-state index contributed by atoms with van der Waals surface area (Å²) in [5.74, 6) is 0.637. The normalized spacial score (nSPS) is 12.7. The first kappa shape index (κ1) is 20.2. The maximum absolute atomic E-state index is 12.9. The van der Waals surface area contributed by atoms with Crippen molar-refractivity contribution in [3.05, 3.63) is 88.1 Å². The van der Waals surface area contributed by atoms with E-state index in [2.05, 4.69) is 18.2 Å². The molecule has 1 aromatic heterocycles. The highest BCUT2D eigenvalue weighted by Gasteiger charge is 2.28. The molecule has 0 aliphatic carbocycles. The Balaban J connectivity index is 0.00000243. The summed E-state index contributed by atoms with van der Waals surface area (Å²) in [7, 11) is 1.61. The molecule has 1 heterocycles. The van der Waals surface area contributed by atoms with Crippen molar-refractivity contribution in [2.24, 2.45) is 5.73 Å². The molecule has 0 fully saturated rings. The highest BCUT2D eigenvalue weighted by atomic mass is 35.5. The van der Waals surface area contributed by atoms with Crippen molar-refractivity contribution < 1.29 is 21.9 Å². The van der Waals surface area contributed by atoms with Crippen molar-refractivity contribution in [2.45, 2.75) is 18.4 Å². The van der Waals surface area contributed by atoms with Gasteiger partial charge in [-0.3, -0.25) is 4.79 Å². The van der Waals surface area contributed by atoms with Crippen LogP contribution in [0.2, 0.25) is 0 Å². The third-order valence-electron chi connectivity index (χ3n) is 4.32. The monoisotopic (exact) mass is 386 g/mol. The van der Waals surface area contributed by atoms with Gasteiger partial charge in [0.2, 0.25) is 0 Å². The smallest absolute Gasteiger partial charge is 0.180 e. The molecule has 3 nitrogen and oxygen atoms in total. The summed E-state index contributed by atoms with van der Waals surface area (Å²) in [6.07, 6.45) is 0.740. The van der Waals surface area contributed by atoms with Crippen molar-refractivity contribution in [1.82, 2.24) is 0 Å². The molecule has 0 aliphatic heterocycles. The van der Waals surface area contributed by atoms with E-state index in [0.29, 0.717) is 5.56 Å². The molecule has 2 unspecified atom stereocenters. The molecule has 3 rings (SSSR count). The predicted octanol–water partition coefficient (Wildman–Crippen LogP) is 1.30. The number of hydrogen-bond donors (Lipinski definition) is 1. The standard InChI is InChI=1S/C21H21NO2S.ClH/c1-24-17-11-9-16(10-12-17)21(23)20(22)18(19-8-5-13-25-19)14-15-6-3-2-4-7-15;/h2-13,18,20H,14,22H2,1H3;1H/p-1. The molecule has 0 saturated heterocycles. The van der Waals surface area contributed by atoms with Crippen molar-refractivity contribution in [3.63, 3.8) is 0 Å². The molecule has 0 saturated carbocycles. The van der Waals surface area contributed by atoms with E-state index in [0.717, 1.165) is 17.0 Å². The van der Waals surface area contributed by atoms with Gasteiger partial charge in [0, 0.05) is 16.4 Å². The second-order valence-corrected chi connectivity index (χ2v) is 6.91. The van der Waals surface area contributed by atoms with Crippen LogP contribution in [-0.4, -0.2) is 18.9 Å². The van der Waals surface area contributed by atoms with E-state index in [1.165, 1.54) is 5.56 Å². The molecule has 5 heteroatoms. The third-order valence-corrected chi connectivity index (χ3v) is 5.32. The number of methoxy groups -OCH3 is 1. The van der Waals surface area contributed by atoms with E-state index < -0.39 is 6.04 Å². The SMILES string of the molecule is COc1ccc(C(=O)C(N)C(Cc2ccccc2)c2cccs2)cc1.[Cl-]. The van der Waals surface area contributed by atoms with E-state index in [1.807, 2.05) is 29.6 Å². The van der Waals surface area contributed by atoms with Gasteiger partial charge in [-0.25, -0.2) is 0 Å². The van der Waals surface area contributed by atoms with Crippen molar-refractivity contribution in [1.29, 1.82) is 0 Å². The highest BCUT2D eigenvalue weighted by molar-refractivity contribution is 7.10. The Morgan fingerprint density at radius 2 is 1.73 bits per heavy atom. The van der Waals surface area contributed by atoms with Crippen LogP contribution in [0.3, 0.4) is 0 Å². The minimum atomic E-state index is -0.591. The van der Waals surface area contributed by atoms with Gasteiger partial charge in [0.25, 0.3) is 0 Å². The number of benzene rings is 2. The van der Waals surface area contributed by atoms with Gasteiger partial charge in [0.05, 0.1) is 13.2 Å². The molecule has 2 aromatic carbocycles. The fraction of sp³-hybridized carbons (Fsp3) is 0.190. The lowest BCUT2D eigenvalue weighted by Gasteiger charge is -2.22. The van der Waals surface area contributed by atoms with Crippen molar-refractivity contribution >= 4 is 17.1 Å². The maximum Gasteiger partial charge on any atom is 0.180 e. The van der Waals surface area contributed by atoms with Crippen LogP contribution in [0, 0.1) is 0 Å². The number of carbonyl (C=O) groups excluding carboxylic acids is 1. The first-order chi connectivity index (χ1) is 12.2. The Bertz CT molecular complexity index is 804. The summed E-state index contributed by atoms with van der Waals surface area (Å²) >= 11 is 1.65. The zero-order valence-electron chi connectivity index (χ0n) is 14.5. The number of rotatable bonds is 7. The topological polar surface area (TPSA) is 52.3 Å². The Kier molecular flexibility index (Phi) is 7.39. The number of nitrogens with two attached hydrogens (primary N) is 1. The van der Waals surface area contributed by atoms with Gasteiger partial charge in [0.15, 0.2) is 5.78 Å². The van der Waals surface area contributed by atoms with Crippen molar-refractivity contribution in [2.75, 3.05) is 7.11 Å². The molecule has 0 aliphatic rings. The third kappa shape index (κ3) is 4.73. The fourth-order valence-electron chi connectivity index (χ4n) is 2.91. The van der Waals surface area contributed by atoms with E-state index >= 15 is 0 Å². The van der Waals surface area contributed by atoms with Crippen LogP contribution < -0.4 is 22.9 Å². The number of ketones is 1. The van der Waals surface area contributed by atoms with E-state index in [-0.39, 0.29) is 24.1 Å². The van der Waals surface area contributed by atoms with Gasteiger partial charge in [-0.05, 0) is 47.7 Å². The molecule has 136 valence electrons. The first-order valence-electron chi connectivity index (χ1n) is 8.20. The van der Waals surface area contributed by atoms with E-state index in [9.17, 15) is 4.79 Å². The number of Topliss-reactive ketones (excluding diaryl/α,β-unsaturated/α-hetero) is 1. The summed E-state index contributed by atoms with van der Waals surface area (Å²) < 4.78 is 5.15. The quantitative estimate of drug-likeness (QED) is 0.623. The zero-order valence-corrected chi connectivity index (χ0v) is 16.0. The molecule has 0 spiro atoms. The second-order valence-electron chi connectivity index (χ2n) is 5.93. The van der Waals surface area contributed by atoms with Crippen LogP contribution in [-0.2, 0) is 6.42 Å². The number of ether oxygens (including phenoxy) is 1. The number of halogens is 1. The van der Waals surface area contributed by atoms with Gasteiger partial charge in [-0.2, -0.15) is 0 Å². The van der Waals surface area contributed by atoms with Gasteiger partial charge >= 0.3 is 0 Å². The largest absolute Gasteiger partial charge is 1.00 e. The minimum absolute atomic E-state index is 0. The first-order valence-corrected chi connectivity index (χ1v) is 9.08. The van der Waals surface area contributed by atoms with Crippen LogP contribution in [0.4, 0.5) is 0 Å². The van der Waals surface area contributed by atoms with Crippen molar-refractivity contribution in [3.8, 4) is 5.75 Å². The number of thiophene rings is 1. The maximum atomic E-state index is 12.9. The molecular weight excluding hydrogens is 366 g/mol. The van der Waals surface area contributed by atoms with Crippen LogP contribution in [0.25, 0.3) is 0 Å². The molecule has 2 N–H and O–H groups in total. The predicted molar refractivity (Wildman–Crippen MR) is 103 cm³/mol. The Hall–Kier alpha value is -2.14. The van der Waals surface area contributed by atoms with Crippen LogP contribution >= 0.6 is 11.3 Å². The summed E-state index contributed by atoms with van der Waals surface area (Å²) in [6.45, 7) is 0. The van der Waals surface area contributed by atoms with Gasteiger partial charge < -0.3 is 22.9 Å². The molecule has 3 aromatic rings. The highest BCUT2D eigenvalue weighted by Crippen LogP contribution is 2.29. The number of carbonyl (C=O) groups is 1. The molecule has 0 amide bonds.